The van der Waals surface area contributed by atoms with Crippen LogP contribution in [0.3, 0.4) is 0 Å². The number of aryl methyl sites for hydroxylation is 4. The lowest BCUT2D eigenvalue weighted by atomic mass is 10.1. The van der Waals surface area contributed by atoms with Gasteiger partial charge in [-0.2, -0.15) is 0 Å². The highest BCUT2D eigenvalue weighted by atomic mass is 32.2. The number of carbonyl (C=O) groups is 2. The van der Waals surface area contributed by atoms with Crippen LogP contribution in [0.1, 0.15) is 55.0 Å². The molecule has 0 bridgehead atoms. The highest BCUT2D eigenvalue weighted by Gasteiger charge is 2.33. The van der Waals surface area contributed by atoms with Gasteiger partial charge >= 0.3 is 0 Å². The molecule has 1 N–H and O–H groups in total. The minimum absolute atomic E-state index is 0.0557. The Bertz CT molecular complexity index is 1450. The largest absolute Gasteiger partial charge is 0.352 e. The molecule has 0 aliphatic rings. The Balaban J connectivity index is 2.05. The average Bonchev–Trinajstić information content (AvgIpc) is 2.91. The summed E-state index contributed by atoms with van der Waals surface area (Å²) in [5, 5.41) is 2.96. The predicted molar refractivity (Wildman–Crippen MR) is 161 cm³/mol. The Morgan fingerprint density at radius 2 is 1.52 bits per heavy atom. The Hall–Kier alpha value is -3.65. The Labute approximate surface area is 239 Å². The van der Waals surface area contributed by atoms with Crippen molar-refractivity contribution in [3.8, 4) is 0 Å². The smallest absolute Gasteiger partial charge is 0.264 e. The third kappa shape index (κ3) is 7.50. The maximum Gasteiger partial charge on any atom is 0.264 e. The highest BCUT2D eigenvalue weighted by Crippen LogP contribution is 2.27. The first kappa shape index (κ1) is 30.9. The molecule has 3 aromatic carbocycles. The summed E-state index contributed by atoms with van der Waals surface area (Å²) in [7, 11) is -4.09. The number of hydrogen-bond acceptors (Lipinski definition) is 4. The molecule has 40 heavy (non-hydrogen) atoms. The van der Waals surface area contributed by atoms with Gasteiger partial charge in [-0.15, -0.1) is 0 Å². The van der Waals surface area contributed by atoms with Gasteiger partial charge < -0.3 is 10.2 Å². The molecule has 0 fully saturated rings. The number of carbonyl (C=O) groups excluding carboxylic acids is 2. The summed E-state index contributed by atoms with van der Waals surface area (Å²) in [6.45, 7) is 13.0. The van der Waals surface area contributed by atoms with E-state index in [0.29, 0.717) is 5.69 Å². The van der Waals surface area contributed by atoms with Gasteiger partial charge in [0, 0.05) is 12.6 Å². The number of hydrogen-bond donors (Lipinski definition) is 1. The fraction of sp³-hybridized carbons (Fsp3) is 0.375. The predicted octanol–water partition coefficient (Wildman–Crippen LogP) is 5.45. The van der Waals surface area contributed by atoms with E-state index < -0.39 is 28.5 Å². The number of rotatable bonds is 11. The van der Waals surface area contributed by atoms with E-state index in [1.165, 1.54) is 4.90 Å². The summed E-state index contributed by atoms with van der Waals surface area (Å²) >= 11 is 0. The van der Waals surface area contributed by atoms with Crippen molar-refractivity contribution in [3.05, 3.63) is 94.5 Å². The van der Waals surface area contributed by atoms with E-state index in [4.69, 9.17) is 0 Å². The maximum atomic E-state index is 14.0. The second-order valence-corrected chi connectivity index (χ2v) is 12.5. The molecule has 8 heteroatoms. The lowest BCUT2D eigenvalue weighted by molar-refractivity contribution is -0.139. The SMILES string of the molecule is CC[C@@H](C)NC(=O)[C@H](C)N(Cc1cccc(C)c1)C(=O)CN(c1ccc(C)c(C)c1)S(=O)(=O)c1ccc(C)cc1. The number of sulfonamides is 1. The Morgan fingerprint density at radius 1 is 0.850 bits per heavy atom. The quantitative estimate of drug-likeness (QED) is 0.336. The van der Waals surface area contributed by atoms with Gasteiger partial charge in [-0.3, -0.25) is 13.9 Å². The lowest BCUT2D eigenvalue weighted by Crippen LogP contribution is -2.52. The van der Waals surface area contributed by atoms with Gasteiger partial charge in [0.05, 0.1) is 10.6 Å². The van der Waals surface area contributed by atoms with Gasteiger partial charge in [-0.1, -0.05) is 60.5 Å². The van der Waals surface area contributed by atoms with Crippen molar-refractivity contribution in [2.75, 3.05) is 10.8 Å². The van der Waals surface area contributed by atoms with E-state index in [1.54, 1.807) is 43.3 Å². The van der Waals surface area contributed by atoms with Crippen LogP contribution >= 0.6 is 0 Å². The fourth-order valence-electron chi connectivity index (χ4n) is 4.30. The van der Waals surface area contributed by atoms with E-state index in [2.05, 4.69) is 5.32 Å². The van der Waals surface area contributed by atoms with E-state index in [0.717, 1.165) is 38.5 Å². The van der Waals surface area contributed by atoms with Crippen LogP contribution in [-0.2, 0) is 26.2 Å². The summed E-state index contributed by atoms with van der Waals surface area (Å²) < 4.78 is 29.1. The summed E-state index contributed by atoms with van der Waals surface area (Å²) in [5.41, 5.74) is 5.13. The van der Waals surface area contributed by atoms with Crippen LogP contribution in [0.4, 0.5) is 5.69 Å². The topological polar surface area (TPSA) is 86.8 Å². The molecule has 0 radical (unpaired) electrons. The molecule has 3 rings (SSSR count). The molecule has 2 amide bonds. The second kappa shape index (κ2) is 13.1. The highest BCUT2D eigenvalue weighted by molar-refractivity contribution is 7.92. The van der Waals surface area contributed by atoms with Crippen LogP contribution in [0.2, 0.25) is 0 Å². The third-order valence-electron chi connectivity index (χ3n) is 7.27. The van der Waals surface area contributed by atoms with Crippen LogP contribution in [-0.4, -0.2) is 43.8 Å². The van der Waals surface area contributed by atoms with Crippen LogP contribution < -0.4 is 9.62 Å². The number of nitrogens with zero attached hydrogens (tertiary/aromatic N) is 2. The van der Waals surface area contributed by atoms with Crippen molar-refractivity contribution in [1.82, 2.24) is 10.2 Å². The molecule has 0 saturated carbocycles. The monoisotopic (exact) mass is 563 g/mol. The number of anilines is 1. The molecule has 0 heterocycles. The number of amides is 2. The normalized spacial score (nSPS) is 12.9. The molecule has 0 aromatic heterocycles. The first-order valence-electron chi connectivity index (χ1n) is 13.7. The zero-order valence-corrected chi connectivity index (χ0v) is 25.4. The molecular weight excluding hydrogens is 522 g/mol. The molecule has 3 aromatic rings. The first-order valence-corrected chi connectivity index (χ1v) is 15.1. The zero-order chi connectivity index (χ0) is 29.6. The molecular formula is C32H41N3O4S. The molecule has 0 saturated heterocycles. The standard InChI is InChI=1S/C32H41N3O4S/c1-8-26(6)33-32(37)27(7)34(20-28-11-9-10-23(3)18-28)31(36)21-35(29-15-14-24(4)25(5)19-29)40(38,39)30-16-12-22(2)13-17-30/h9-19,26-27H,8,20-21H2,1-7H3,(H,33,37)/t26-,27+/m1/s1. The lowest BCUT2D eigenvalue weighted by Gasteiger charge is -2.32. The van der Waals surface area contributed by atoms with Crippen molar-refractivity contribution >= 4 is 27.5 Å². The van der Waals surface area contributed by atoms with Crippen LogP contribution in [0.25, 0.3) is 0 Å². The van der Waals surface area contributed by atoms with E-state index in [9.17, 15) is 18.0 Å². The van der Waals surface area contributed by atoms with E-state index in [-0.39, 0.29) is 23.4 Å². The summed E-state index contributed by atoms with van der Waals surface area (Å²) in [6.07, 6.45) is 0.750. The van der Waals surface area contributed by atoms with E-state index >= 15 is 0 Å². The zero-order valence-electron chi connectivity index (χ0n) is 24.6. The Morgan fingerprint density at radius 3 is 2.12 bits per heavy atom. The average molecular weight is 564 g/mol. The fourth-order valence-corrected chi connectivity index (χ4v) is 5.71. The molecule has 2 atom stereocenters. The second-order valence-electron chi connectivity index (χ2n) is 10.6. The number of benzene rings is 3. The molecule has 214 valence electrons. The van der Waals surface area contributed by atoms with E-state index in [1.807, 2.05) is 71.9 Å². The van der Waals surface area contributed by atoms with Gasteiger partial charge in [0.1, 0.15) is 12.6 Å². The minimum atomic E-state index is -4.09. The van der Waals surface area contributed by atoms with Gasteiger partial charge in [0.2, 0.25) is 11.8 Å². The van der Waals surface area contributed by atoms with Crippen molar-refractivity contribution in [2.45, 2.75) is 78.4 Å². The molecule has 0 unspecified atom stereocenters. The summed E-state index contributed by atoms with van der Waals surface area (Å²) in [6, 6.07) is 18.8. The van der Waals surface area contributed by atoms with Gasteiger partial charge in [0.15, 0.2) is 0 Å². The van der Waals surface area contributed by atoms with Gasteiger partial charge in [-0.25, -0.2) is 8.42 Å². The van der Waals surface area contributed by atoms with Crippen LogP contribution in [0, 0.1) is 27.7 Å². The van der Waals surface area contributed by atoms with Crippen LogP contribution in [0.15, 0.2) is 71.6 Å². The summed E-state index contributed by atoms with van der Waals surface area (Å²) in [5.74, 6) is -0.753. The maximum absolute atomic E-state index is 14.0. The molecule has 7 nitrogen and oxygen atoms in total. The van der Waals surface area contributed by atoms with Crippen molar-refractivity contribution in [2.24, 2.45) is 0 Å². The number of nitrogens with one attached hydrogen (secondary N) is 1. The molecule has 0 aliphatic carbocycles. The summed E-state index contributed by atoms with van der Waals surface area (Å²) in [4.78, 5) is 28.8. The van der Waals surface area contributed by atoms with Gasteiger partial charge in [-0.05, 0) is 88.9 Å². The molecule has 0 aliphatic heterocycles. The van der Waals surface area contributed by atoms with Crippen molar-refractivity contribution in [3.63, 3.8) is 0 Å². The third-order valence-corrected chi connectivity index (χ3v) is 9.06. The Kier molecular flexibility index (Phi) is 10.1. The minimum Gasteiger partial charge on any atom is -0.352 e. The molecule has 0 spiro atoms. The van der Waals surface area contributed by atoms with Crippen LogP contribution in [0.5, 0.6) is 0 Å². The van der Waals surface area contributed by atoms with Crippen molar-refractivity contribution < 1.29 is 18.0 Å². The first-order chi connectivity index (χ1) is 18.8. The van der Waals surface area contributed by atoms with Crippen molar-refractivity contribution in [1.29, 1.82) is 0 Å². The van der Waals surface area contributed by atoms with Gasteiger partial charge in [0.25, 0.3) is 10.0 Å².